The number of carbonyl (C=O) groups is 2. The summed E-state index contributed by atoms with van der Waals surface area (Å²) in [5.41, 5.74) is -0.00276. The van der Waals surface area contributed by atoms with E-state index in [-0.39, 0.29) is 25.0 Å². The van der Waals surface area contributed by atoms with Gasteiger partial charge in [-0.2, -0.15) is 0 Å². The SMILES string of the molecule is CC(C)(CO)NC(=O)NC1CC(=O)N(c2ccc3c(c2)OCCO3)C1. The van der Waals surface area contributed by atoms with Crippen molar-refractivity contribution in [1.29, 1.82) is 0 Å². The minimum absolute atomic E-state index is 0.0663. The molecular weight excluding hydrogens is 326 g/mol. The highest BCUT2D eigenvalue weighted by molar-refractivity contribution is 5.97. The predicted molar refractivity (Wildman–Crippen MR) is 91.0 cm³/mol. The fraction of sp³-hybridized carbons (Fsp3) is 0.529. The Morgan fingerprint density at radius 3 is 2.76 bits per heavy atom. The van der Waals surface area contributed by atoms with Gasteiger partial charge in [0.2, 0.25) is 5.91 Å². The standard InChI is InChI=1S/C17H23N3O5/c1-17(2,10-21)19-16(23)18-11-7-15(22)20(9-11)12-3-4-13-14(8-12)25-6-5-24-13/h3-4,8,11,21H,5-7,9-10H2,1-2H3,(H2,18,19,23). The second-order valence-corrected chi connectivity index (χ2v) is 6.87. The highest BCUT2D eigenvalue weighted by Crippen LogP contribution is 2.35. The number of carbonyl (C=O) groups excluding carboxylic acids is 2. The minimum Gasteiger partial charge on any atom is -0.486 e. The molecule has 1 unspecified atom stereocenters. The van der Waals surface area contributed by atoms with Gasteiger partial charge in [-0.05, 0) is 26.0 Å². The van der Waals surface area contributed by atoms with Crippen molar-refractivity contribution in [3.8, 4) is 11.5 Å². The van der Waals surface area contributed by atoms with Crippen molar-refractivity contribution in [2.75, 3.05) is 31.3 Å². The molecule has 3 amide bonds. The average Bonchev–Trinajstić information content (AvgIpc) is 2.94. The maximum atomic E-state index is 12.3. The van der Waals surface area contributed by atoms with E-state index in [1.807, 2.05) is 6.07 Å². The Kier molecular flexibility index (Phi) is 4.71. The summed E-state index contributed by atoms with van der Waals surface area (Å²) in [4.78, 5) is 26.0. The van der Waals surface area contributed by atoms with Crippen LogP contribution >= 0.6 is 0 Å². The first-order chi connectivity index (χ1) is 11.9. The second-order valence-electron chi connectivity index (χ2n) is 6.87. The van der Waals surface area contributed by atoms with Crippen LogP contribution in [0.3, 0.4) is 0 Å². The summed E-state index contributed by atoms with van der Waals surface area (Å²) < 4.78 is 11.0. The summed E-state index contributed by atoms with van der Waals surface area (Å²) in [5.74, 6) is 1.22. The molecule has 3 N–H and O–H groups in total. The van der Waals surface area contributed by atoms with E-state index in [0.29, 0.717) is 31.3 Å². The zero-order valence-electron chi connectivity index (χ0n) is 14.4. The maximum absolute atomic E-state index is 12.3. The molecule has 136 valence electrons. The number of ether oxygens (including phenoxy) is 2. The third-order valence-electron chi connectivity index (χ3n) is 4.14. The lowest BCUT2D eigenvalue weighted by atomic mass is 10.1. The van der Waals surface area contributed by atoms with Crippen molar-refractivity contribution in [2.24, 2.45) is 0 Å². The Morgan fingerprint density at radius 1 is 1.32 bits per heavy atom. The normalized spacial score (nSPS) is 19.7. The van der Waals surface area contributed by atoms with Gasteiger partial charge in [-0.25, -0.2) is 4.79 Å². The first-order valence-electron chi connectivity index (χ1n) is 8.27. The van der Waals surface area contributed by atoms with Gasteiger partial charge in [0.1, 0.15) is 13.2 Å². The lowest BCUT2D eigenvalue weighted by molar-refractivity contribution is -0.117. The zero-order chi connectivity index (χ0) is 18.0. The first-order valence-corrected chi connectivity index (χ1v) is 8.27. The number of benzene rings is 1. The van der Waals surface area contributed by atoms with Crippen LogP contribution in [0.2, 0.25) is 0 Å². The Hall–Kier alpha value is -2.48. The van der Waals surface area contributed by atoms with Crippen molar-refractivity contribution in [3.05, 3.63) is 18.2 Å². The van der Waals surface area contributed by atoms with Crippen molar-refractivity contribution in [1.82, 2.24) is 10.6 Å². The number of nitrogens with one attached hydrogen (secondary N) is 2. The Balaban J connectivity index is 1.64. The molecule has 0 radical (unpaired) electrons. The second kappa shape index (κ2) is 6.79. The monoisotopic (exact) mass is 349 g/mol. The molecule has 0 bridgehead atoms. The molecule has 1 saturated heterocycles. The predicted octanol–water partition coefficient (Wildman–Crippen LogP) is 0.633. The number of anilines is 1. The Bertz CT molecular complexity index is 676. The third-order valence-corrected chi connectivity index (χ3v) is 4.14. The number of aliphatic hydroxyl groups is 1. The number of rotatable bonds is 4. The van der Waals surface area contributed by atoms with Crippen LogP contribution in [0, 0.1) is 0 Å². The largest absolute Gasteiger partial charge is 0.486 e. The van der Waals surface area contributed by atoms with E-state index >= 15 is 0 Å². The average molecular weight is 349 g/mol. The molecular formula is C17H23N3O5. The molecule has 0 aliphatic carbocycles. The van der Waals surface area contributed by atoms with E-state index in [9.17, 15) is 14.7 Å². The van der Waals surface area contributed by atoms with Crippen molar-refractivity contribution in [3.63, 3.8) is 0 Å². The number of amides is 3. The Labute approximate surface area is 146 Å². The highest BCUT2D eigenvalue weighted by atomic mass is 16.6. The lowest BCUT2D eigenvalue weighted by Crippen LogP contribution is -2.53. The molecule has 2 aliphatic heterocycles. The molecule has 1 aromatic rings. The van der Waals surface area contributed by atoms with Crippen LogP contribution < -0.4 is 25.0 Å². The van der Waals surface area contributed by atoms with Gasteiger partial charge >= 0.3 is 6.03 Å². The van der Waals surface area contributed by atoms with E-state index in [0.717, 1.165) is 5.69 Å². The van der Waals surface area contributed by atoms with Gasteiger partial charge in [0.15, 0.2) is 11.5 Å². The molecule has 1 fully saturated rings. The fourth-order valence-electron chi connectivity index (χ4n) is 2.82. The van der Waals surface area contributed by atoms with Crippen LogP contribution in [0.25, 0.3) is 0 Å². The summed E-state index contributed by atoms with van der Waals surface area (Å²) in [6.07, 6.45) is 0.224. The highest BCUT2D eigenvalue weighted by Gasteiger charge is 2.33. The van der Waals surface area contributed by atoms with Gasteiger partial charge in [-0.1, -0.05) is 0 Å². The van der Waals surface area contributed by atoms with Gasteiger partial charge in [-0.15, -0.1) is 0 Å². The van der Waals surface area contributed by atoms with E-state index in [2.05, 4.69) is 10.6 Å². The molecule has 3 rings (SSSR count). The number of hydrogen-bond acceptors (Lipinski definition) is 5. The molecule has 8 heteroatoms. The first kappa shape index (κ1) is 17.3. The van der Waals surface area contributed by atoms with Gasteiger partial charge < -0.3 is 30.1 Å². The van der Waals surface area contributed by atoms with Gasteiger partial charge in [0.05, 0.1) is 18.2 Å². The fourth-order valence-corrected chi connectivity index (χ4v) is 2.82. The molecule has 8 nitrogen and oxygen atoms in total. The van der Waals surface area contributed by atoms with E-state index in [1.54, 1.807) is 30.9 Å². The van der Waals surface area contributed by atoms with E-state index < -0.39 is 11.6 Å². The molecule has 0 spiro atoms. The van der Waals surface area contributed by atoms with E-state index in [4.69, 9.17) is 9.47 Å². The van der Waals surface area contributed by atoms with Crippen LogP contribution in [-0.2, 0) is 4.79 Å². The summed E-state index contributed by atoms with van der Waals surface area (Å²) >= 11 is 0. The third kappa shape index (κ3) is 3.96. The van der Waals surface area contributed by atoms with Crippen molar-refractivity contribution < 1.29 is 24.2 Å². The molecule has 0 aromatic heterocycles. The number of fused-ring (bicyclic) bond motifs is 1. The van der Waals surface area contributed by atoms with Crippen LogP contribution in [0.1, 0.15) is 20.3 Å². The molecule has 2 heterocycles. The lowest BCUT2D eigenvalue weighted by Gasteiger charge is -2.25. The van der Waals surface area contributed by atoms with Crippen molar-refractivity contribution in [2.45, 2.75) is 31.8 Å². The summed E-state index contributed by atoms with van der Waals surface area (Å²) in [6, 6.07) is 4.68. The molecule has 1 aromatic carbocycles. The quantitative estimate of drug-likeness (QED) is 0.740. The molecule has 0 saturated carbocycles. The maximum Gasteiger partial charge on any atom is 0.315 e. The van der Waals surface area contributed by atoms with Crippen molar-refractivity contribution >= 4 is 17.6 Å². The molecule has 25 heavy (non-hydrogen) atoms. The topological polar surface area (TPSA) is 100 Å². The van der Waals surface area contributed by atoms with E-state index in [1.165, 1.54) is 0 Å². The van der Waals surface area contributed by atoms with Crippen LogP contribution in [0.15, 0.2) is 18.2 Å². The smallest absolute Gasteiger partial charge is 0.315 e. The van der Waals surface area contributed by atoms with Crippen LogP contribution in [-0.4, -0.2) is 55.0 Å². The van der Waals surface area contributed by atoms with Gasteiger partial charge in [-0.3, -0.25) is 4.79 Å². The zero-order valence-corrected chi connectivity index (χ0v) is 14.4. The number of aliphatic hydroxyl groups excluding tert-OH is 1. The minimum atomic E-state index is -0.720. The molecule has 1 atom stereocenters. The molecule has 2 aliphatic rings. The van der Waals surface area contributed by atoms with Crippen LogP contribution in [0.4, 0.5) is 10.5 Å². The van der Waals surface area contributed by atoms with Gasteiger partial charge in [0, 0.05) is 24.7 Å². The number of urea groups is 1. The van der Waals surface area contributed by atoms with Crippen LogP contribution in [0.5, 0.6) is 11.5 Å². The summed E-state index contributed by atoms with van der Waals surface area (Å²) in [7, 11) is 0. The number of hydrogen-bond donors (Lipinski definition) is 3. The summed E-state index contributed by atoms with van der Waals surface area (Å²) in [5, 5.41) is 14.7. The Morgan fingerprint density at radius 2 is 2.04 bits per heavy atom. The summed E-state index contributed by atoms with van der Waals surface area (Å²) in [6.45, 7) is 4.64. The van der Waals surface area contributed by atoms with Gasteiger partial charge in [0.25, 0.3) is 0 Å². The number of nitrogens with zero attached hydrogens (tertiary/aromatic N) is 1.